The zero-order valence-electron chi connectivity index (χ0n) is 20.2. The molecule has 5 nitrogen and oxygen atoms in total. The van der Waals surface area contributed by atoms with Crippen molar-refractivity contribution in [1.82, 2.24) is 4.57 Å². The van der Waals surface area contributed by atoms with Crippen molar-refractivity contribution in [2.75, 3.05) is 12.0 Å². The first kappa shape index (κ1) is 23.6. The average molecular weight is 475 g/mol. The van der Waals surface area contributed by atoms with Crippen LogP contribution in [-0.2, 0) is 14.3 Å². The zero-order valence-corrected chi connectivity index (χ0v) is 20.9. The largest absolute Gasteiger partial charge is 0.465 e. The van der Waals surface area contributed by atoms with Crippen LogP contribution in [-0.4, -0.2) is 23.6 Å². The van der Waals surface area contributed by atoms with Crippen LogP contribution in [0.3, 0.4) is 0 Å². The Morgan fingerprint density at radius 1 is 0.941 bits per heavy atom. The number of allylic oxidation sites excluding steroid dienone is 1. The second-order valence-corrected chi connectivity index (χ2v) is 9.00. The number of anilines is 1. The number of methoxy groups -OCH3 is 1. The van der Waals surface area contributed by atoms with Crippen LogP contribution < -0.4 is 4.90 Å². The summed E-state index contributed by atoms with van der Waals surface area (Å²) in [5.74, 6) is -0.791. The van der Waals surface area contributed by atoms with Crippen LogP contribution in [0.5, 0.6) is 0 Å². The van der Waals surface area contributed by atoms with Crippen molar-refractivity contribution in [3.8, 4) is 5.69 Å². The van der Waals surface area contributed by atoms with Crippen LogP contribution in [0.1, 0.15) is 35.0 Å². The van der Waals surface area contributed by atoms with Crippen LogP contribution in [0.2, 0.25) is 5.02 Å². The van der Waals surface area contributed by atoms with E-state index in [2.05, 4.69) is 4.57 Å². The first-order valence-electron chi connectivity index (χ1n) is 11.0. The lowest BCUT2D eigenvalue weighted by Crippen LogP contribution is -2.24. The van der Waals surface area contributed by atoms with E-state index in [0.29, 0.717) is 16.3 Å². The highest BCUT2D eigenvalue weighted by Crippen LogP contribution is 2.37. The van der Waals surface area contributed by atoms with Crippen molar-refractivity contribution in [2.24, 2.45) is 0 Å². The number of ether oxygens (including phenoxy) is 1. The summed E-state index contributed by atoms with van der Waals surface area (Å²) in [4.78, 5) is 28.0. The van der Waals surface area contributed by atoms with Gasteiger partial charge in [0.1, 0.15) is 0 Å². The molecule has 0 atom stereocenters. The van der Waals surface area contributed by atoms with Gasteiger partial charge in [-0.3, -0.25) is 9.69 Å². The van der Waals surface area contributed by atoms with Crippen LogP contribution >= 0.6 is 11.6 Å². The first-order chi connectivity index (χ1) is 16.1. The maximum Gasteiger partial charge on any atom is 0.340 e. The molecule has 2 heterocycles. The molecule has 0 radical (unpaired) electrons. The molecule has 0 aliphatic carbocycles. The number of amides is 1. The molecule has 34 heavy (non-hydrogen) atoms. The Hall–Kier alpha value is -3.57. The van der Waals surface area contributed by atoms with Crippen LogP contribution in [0.4, 0.5) is 5.69 Å². The summed E-state index contributed by atoms with van der Waals surface area (Å²) in [5, 5.41) is 0.645. The van der Waals surface area contributed by atoms with E-state index in [0.717, 1.165) is 39.5 Å². The van der Waals surface area contributed by atoms with E-state index in [9.17, 15) is 9.59 Å². The highest BCUT2D eigenvalue weighted by atomic mass is 35.5. The molecule has 1 aromatic heterocycles. The van der Waals surface area contributed by atoms with Crippen molar-refractivity contribution in [2.45, 2.75) is 34.6 Å². The molecule has 0 unspecified atom stereocenters. The highest BCUT2D eigenvalue weighted by molar-refractivity contribution is 6.30. The monoisotopic (exact) mass is 474 g/mol. The number of hydrogen-bond donors (Lipinski definition) is 0. The number of benzene rings is 2. The van der Waals surface area contributed by atoms with E-state index < -0.39 is 5.97 Å². The molecule has 0 saturated carbocycles. The summed E-state index contributed by atoms with van der Waals surface area (Å²) in [5.41, 5.74) is 7.77. The molecular weight excluding hydrogens is 448 g/mol. The third-order valence-electron chi connectivity index (χ3n) is 6.37. The minimum absolute atomic E-state index is 0.256. The SMILES string of the molecule is COC(=O)C1=C(C)N(c2ccc(C)c(C)c2)C(=O)/C1=C\c1cc(C)n(-c2cccc(Cl)c2)c1C. The normalized spacial score (nSPS) is 15.0. The number of hydrogen-bond acceptors (Lipinski definition) is 3. The summed E-state index contributed by atoms with van der Waals surface area (Å²) in [6.07, 6.45) is 1.78. The van der Waals surface area contributed by atoms with Crippen molar-refractivity contribution in [3.05, 3.63) is 98.5 Å². The summed E-state index contributed by atoms with van der Waals surface area (Å²) in [7, 11) is 1.33. The van der Waals surface area contributed by atoms with Gasteiger partial charge in [-0.1, -0.05) is 23.7 Å². The number of nitrogens with zero attached hydrogens (tertiary/aromatic N) is 2. The lowest BCUT2D eigenvalue weighted by Gasteiger charge is -2.19. The number of aryl methyl sites for hydroxylation is 3. The van der Waals surface area contributed by atoms with E-state index in [4.69, 9.17) is 16.3 Å². The van der Waals surface area contributed by atoms with Gasteiger partial charge in [0, 0.05) is 33.5 Å². The molecule has 0 saturated heterocycles. The Labute approximate surface area is 204 Å². The topological polar surface area (TPSA) is 51.5 Å². The van der Waals surface area contributed by atoms with Crippen molar-refractivity contribution in [1.29, 1.82) is 0 Å². The average Bonchev–Trinajstić information content (AvgIpc) is 3.21. The van der Waals surface area contributed by atoms with Gasteiger partial charge < -0.3 is 9.30 Å². The van der Waals surface area contributed by atoms with Crippen molar-refractivity contribution in [3.63, 3.8) is 0 Å². The Balaban J connectivity index is 1.86. The predicted molar refractivity (Wildman–Crippen MR) is 136 cm³/mol. The van der Waals surface area contributed by atoms with E-state index in [-0.39, 0.29) is 11.5 Å². The third-order valence-corrected chi connectivity index (χ3v) is 6.61. The molecule has 1 aliphatic heterocycles. The van der Waals surface area contributed by atoms with Gasteiger partial charge in [-0.2, -0.15) is 0 Å². The third kappa shape index (κ3) is 3.97. The number of carbonyl (C=O) groups is 2. The molecule has 0 N–H and O–H groups in total. The molecular formula is C28H27ClN2O3. The molecule has 1 aliphatic rings. The van der Waals surface area contributed by atoms with Gasteiger partial charge in [0.05, 0.1) is 18.3 Å². The maximum atomic E-state index is 13.6. The Bertz CT molecular complexity index is 1390. The van der Waals surface area contributed by atoms with Crippen LogP contribution in [0.15, 0.2) is 65.4 Å². The van der Waals surface area contributed by atoms with Gasteiger partial charge >= 0.3 is 5.97 Å². The van der Waals surface area contributed by atoms with Gasteiger partial charge in [-0.25, -0.2) is 4.79 Å². The standard InChI is InChI=1S/C28H27ClN2O3/c1-16-10-11-24(12-17(16)2)31-20(5)26(28(33)34-6)25(27(31)32)14-21-13-18(3)30(19(21)4)23-9-7-8-22(29)15-23/h7-15H,1-6H3/b25-14-. The summed E-state index contributed by atoms with van der Waals surface area (Å²) in [6.45, 7) is 9.77. The van der Waals surface area contributed by atoms with Crippen molar-refractivity contribution >= 4 is 35.2 Å². The lowest BCUT2D eigenvalue weighted by atomic mass is 10.0. The fourth-order valence-electron chi connectivity index (χ4n) is 4.46. The lowest BCUT2D eigenvalue weighted by molar-refractivity contribution is -0.136. The minimum Gasteiger partial charge on any atom is -0.465 e. The minimum atomic E-state index is -0.535. The number of carbonyl (C=O) groups excluding carboxylic acids is 2. The number of halogens is 1. The predicted octanol–water partition coefficient (Wildman–Crippen LogP) is 6.24. The van der Waals surface area contributed by atoms with Gasteiger partial charge in [-0.15, -0.1) is 0 Å². The van der Waals surface area contributed by atoms with Gasteiger partial charge in [-0.05, 0) is 93.8 Å². The second-order valence-electron chi connectivity index (χ2n) is 8.56. The quantitative estimate of drug-likeness (QED) is 0.332. The van der Waals surface area contributed by atoms with Crippen LogP contribution in [0.25, 0.3) is 11.8 Å². The molecule has 3 aromatic rings. The number of rotatable bonds is 4. The van der Waals surface area contributed by atoms with Crippen molar-refractivity contribution < 1.29 is 14.3 Å². The first-order valence-corrected chi connectivity index (χ1v) is 11.4. The van der Waals surface area contributed by atoms with Gasteiger partial charge in [0.2, 0.25) is 0 Å². The Morgan fingerprint density at radius 2 is 1.68 bits per heavy atom. The van der Waals surface area contributed by atoms with Crippen LogP contribution in [0, 0.1) is 27.7 Å². The molecule has 4 rings (SSSR count). The molecule has 0 bridgehead atoms. The Kier molecular flexibility index (Phi) is 6.24. The fraction of sp³-hybridized carbons (Fsp3) is 0.214. The van der Waals surface area contributed by atoms with E-state index >= 15 is 0 Å². The molecule has 2 aromatic carbocycles. The van der Waals surface area contributed by atoms with Gasteiger partial charge in [0.15, 0.2) is 0 Å². The molecule has 0 fully saturated rings. The summed E-state index contributed by atoms with van der Waals surface area (Å²) < 4.78 is 7.13. The fourth-order valence-corrected chi connectivity index (χ4v) is 4.64. The molecule has 174 valence electrons. The van der Waals surface area contributed by atoms with Gasteiger partial charge in [0.25, 0.3) is 5.91 Å². The maximum absolute atomic E-state index is 13.6. The second kappa shape index (κ2) is 8.99. The molecule has 6 heteroatoms. The number of esters is 1. The molecule has 0 spiro atoms. The van der Waals surface area contributed by atoms with E-state index in [1.54, 1.807) is 17.9 Å². The molecule has 1 amide bonds. The highest BCUT2D eigenvalue weighted by Gasteiger charge is 2.38. The summed E-state index contributed by atoms with van der Waals surface area (Å²) in [6, 6.07) is 15.4. The Morgan fingerprint density at radius 3 is 2.32 bits per heavy atom. The smallest absolute Gasteiger partial charge is 0.340 e. The van der Waals surface area contributed by atoms with E-state index in [1.807, 2.05) is 76.2 Å². The summed E-state index contributed by atoms with van der Waals surface area (Å²) >= 11 is 6.21. The zero-order chi connectivity index (χ0) is 24.7. The number of aromatic nitrogens is 1. The van der Waals surface area contributed by atoms with E-state index in [1.165, 1.54) is 7.11 Å².